The number of pyridine rings is 1. The molecule has 0 amide bonds. The maximum absolute atomic E-state index is 11.3. The number of hydrogen-bond acceptors (Lipinski definition) is 4. The van der Waals surface area contributed by atoms with Gasteiger partial charge in [-0.2, -0.15) is 0 Å². The van der Waals surface area contributed by atoms with Crippen LogP contribution < -0.4 is 0 Å². The fraction of sp³-hybridized carbons (Fsp3) is 0.214. The zero-order chi connectivity index (χ0) is 12.5. The lowest BCUT2D eigenvalue weighted by molar-refractivity contribution is -0.163. The third-order valence-corrected chi connectivity index (χ3v) is 3.15. The number of ether oxygens (including phenoxy) is 1. The van der Waals surface area contributed by atoms with Gasteiger partial charge in [-0.25, -0.2) is 0 Å². The largest absolute Gasteiger partial charge is 0.393 e. The molecule has 1 saturated heterocycles. The van der Waals surface area contributed by atoms with Crippen LogP contribution in [-0.2, 0) is 14.3 Å². The fourth-order valence-corrected chi connectivity index (χ4v) is 2.27. The molecule has 2 aromatic rings. The Balaban J connectivity index is 1.98. The highest BCUT2D eigenvalue weighted by atomic mass is 16.6. The molecule has 0 unspecified atom stereocenters. The van der Waals surface area contributed by atoms with Crippen LogP contribution in [0.2, 0.25) is 0 Å². The van der Waals surface area contributed by atoms with Gasteiger partial charge in [0.15, 0.2) is 0 Å². The van der Waals surface area contributed by atoms with Crippen LogP contribution in [-0.4, -0.2) is 16.9 Å². The number of esters is 2. The van der Waals surface area contributed by atoms with Crippen molar-refractivity contribution in [2.24, 2.45) is 0 Å². The molecule has 0 N–H and O–H groups in total. The summed E-state index contributed by atoms with van der Waals surface area (Å²) in [5.74, 6) is -0.964. The van der Waals surface area contributed by atoms with Crippen molar-refractivity contribution >= 4 is 22.8 Å². The number of fused-ring (bicyclic) bond motifs is 1. The van der Waals surface area contributed by atoms with Crippen LogP contribution in [0.25, 0.3) is 10.9 Å². The van der Waals surface area contributed by atoms with Gasteiger partial charge in [-0.1, -0.05) is 12.1 Å². The van der Waals surface area contributed by atoms with Crippen molar-refractivity contribution in [2.45, 2.75) is 18.8 Å². The predicted molar refractivity (Wildman–Crippen MR) is 64.8 cm³/mol. The van der Waals surface area contributed by atoms with Gasteiger partial charge in [0.2, 0.25) is 0 Å². The normalized spacial score (nSPS) is 16.9. The molecule has 1 aromatic heterocycles. The Morgan fingerprint density at radius 1 is 1.11 bits per heavy atom. The summed E-state index contributed by atoms with van der Waals surface area (Å²) in [4.78, 5) is 26.8. The molecule has 1 aliphatic heterocycles. The SMILES string of the molecule is O=C1CC(c2ccc3ncccc3c2)CC(=O)O1. The van der Waals surface area contributed by atoms with Gasteiger partial charge in [-0.15, -0.1) is 0 Å². The summed E-state index contributed by atoms with van der Waals surface area (Å²) in [5.41, 5.74) is 1.89. The van der Waals surface area contributed by atoms with Crippen molar-refractivity contribution in [3.05, 3.63) is 42.1 Å². The van der Waals surface area contributed by atoms with Gasteiger partial charge in [0.25, 0.3) is 0 Å². The maximum atomic E-state index is 11.3. The van der Waals surface area contributed by atoms with Gasteiger partial charge in [0, 0.05) is 17.5 Å². The van der Waals surface area contributed by atoms with E-state index in [-0.39, 0.29) is 18.8 Å². The number of nitrogens with zero attached hydrogens (tertiary/aromatic N) is 1. The van der Waals surface area contributed by atoms with Crippen molar-refractivity contribution in [2.75, 3.05) is 0 Å². The second-order valence-corrected chi connectivity index (χ2v) is 4.41. The van der Waals surface area contributed by atoms with E-state index in [1.165, 1.54) is 0 Å². The monoisotopic (exact) mass is 241 g/mol. The third kappa shape index (κ3) is 1.97. The number of carbonyl (C=O) groups excluding carboxylic acids is 2. The Labute approximate surface area is 104 Å². The van der Waals surface area contributed by atoms with Gasteiger partial charge in [-0.05, 0) is 23.8 Å². The Hall–Kier alpha value is -2.23. The van der Waals surface area contributed by atoms with Gasteiger partial charge >= 0.3 is 11.9 Å². The number of carbonyl (C=O) groups is 2. The standard InChI is InChI=1S/C14H11NO3/c16-13-7-11(8-14(17)18-13)9-3-4-12-10(6-9)2-1-5-15-12/h1-6,11H,7-8H2. The molecule has 0 radical (unpaired) electrons. The van der Waals surface area contributed by atoms with E-state index in [0.717, 1.165) is 16.5 Å². The summed E-state index contributed by atoms with van der Waals surface area (Å²) in [6.07, 6.45) is 2.26. The van der Waals surface area contributed by atoms with E-state index in [2.05, 4.69) is 9.72 Å². The van der Waals surface area contributed by atoms with Crippen molar-refractivity contribution in [3.63, 3.8) is 0 Å². The predicted octanol–water partition coefficient (Wildman–Crippen LogP) is 2.18. The highest BCUT2D eigenvalue weighted by Gasteiger charge is 2.28. The molecule has 90 valence electrons. The quantitative estimate of drug-likeness (QED) is 0.567. The number of cyclic esters (lactones) is 2. The molecule has 1 aromatic carbocycles. The van der Waals surface area contributed by atoms with Crippen molar-refractivity contribution < 1.29 is 14.3 Å². The van der Waals surface area contributed by atoms with Crippen LogP contribution in [0, 0.1) is 0 Å². The number of benzene rings is 1. The molecule has 2 heterocycles. The minimum absolute atomic E-state index is 0.0802. The molecule has 0 bridgehead atoms. The Morgan fingerprint density at radius 2 is 1.89 bits per heavy atom. The average molecular weight is 241 g/mol. The lowest BCUT2D eigenvalue weighted by Gasteiger charge is -2.20. The van der Waals surface area contributed by atoms with E-state index in [1.807, 2.05) is 30.3 Å². The van der Waals surface area contributed by atoms with Crippen molar-refractivity contribution in [1.82, 2.24) is 4.98 Å². The molecule has 0 saturated carbocycles. The third-order valence-electron chi connectivity index (χ3n) is 3.15. The second-order valence-electron chi connectivity index (χ2n) is 4.41. The van der Waals surface area contributed by atoms with Gasteiger partial charge < -0.3 is 4.74 Å². The lowest BCUT2D eigenvalue weighted by atomic mass is 9.90. The van der Waals surface area contributed by atoms with Crippen LogP contribution in [0.5, 0.6) is 0 Å². The molecule has 1 fully saturated rings. The Kier molecular flexibility index (Phi) is 2.55. The number of aromatic nitrogens is 1. The first-order valence-electron chi connectivity index (χ1n) is 5.80. The van der Waals surface area contributed by atoms with Gasteiger partial charge in [0.1, 0.15) is 0 Å². The lowest BCUT2D eigenvalue weighted by Crippen LogP contribution is -2.24. The van der Waals surface area contributed by atoms with Crippen LogP contribution in [0.1, 0.15) is 24.3 Å². The van der Waals surface area contributed by atoms with Crippen molar-refractivity contribution in [3.8, 4) is 0 Å². The molecule has 3 rings (SSSR count). The zero-order valence-corrected chi connectivity index (χ0v) is 9.63. The van der Waals surface area contributed by atoms with Crippen LogP contribution in [0.4, 0.5) is 0 Å². The smallest absolute Gasteiger partial charge is 0.314 e. The highest BCUT2D eigenvalue weighted by Crippen LogP contribution is 2.29. The molecule has 4 nitrogen and oxygen atoms in total. The summed E-state index contributed by atoms with van der Waals surface area (Å²) in [5, 5.41) is 1.02. The van der Waals surface area contributed by atoms with Crippen LogP contribution in [0.15, 0.2) is 36.5 Å². The minimum atomic E-state index is -0.442. The summed E-state index contributed by atoms with van der Waals surface area (Å²) in [6.45, 7) is 0. The molecule has 0 aliphatic carbocycles. The molecule has 1 aliphatic rings. The van der Waals surface area contributed by atoms with E-state index < -0.39 is 11.9 Å². The first kappa shape index (κ1) is 10.9. The maximum Gasteiger partial charge on any atom is 0.314 e. The number of hydrogen-bond donors (Lipinski definition) is 0. The molecule has 18 heavy (non-hydrogen) atoms. The van der Waals surface area contributed by atoms with Crippen LogP contribution >= 0.6 is 0 Å². The van der Waals surface area contributed by atoms with E-state index in [0.29, 0.717) is 0 Å². The Morgan fingerprint density at radius 3 is 2.67 bits per heavy atom. The zero-order valence-electron chi connectivity index (χ0n) is 9.63. The first-order valence-corrected chi connectivity index (χ1v) is 5.80. The minimum Gasteiger partial charge on any atom is -0.393 e. The summed E-state index contributed by atoms with van der Waals surface area (Å²) in [7, 11) is 0. The van der Waals surface area contributed by atoms with Crippen molar-refractivity contribution in [1.29, 1.82) is 0 Å². The molecule has 0 atom stereocenters. The number of rotatable bonds is 1. The summed E-state index contributed by atoms with van der Waals surface area (Å²) in [6, 6.07) is 9.65. The summed E-state index contributed by atoms with van der Waals surface area (Å²) >= 11 is 0. The van der Waals surface area contributed by atoms with Crippen LogP contribution in [0.3, 0.4) is 0 Å². The molecular weight excluding hydrogens is 230 g/mol. The average Bonchev–Trinajstić information content (AvgIpc) is 2.37. The molecular formula is C14H11NO3. The molecule has 0 spiro atoms. The van der Waals surface area contributed by atoms with E-state index in [1.54, 1.807) is 6.20 Å². The van der Waals surface area contributed by atoms with E-state index in [9.17, 15) is 9.59 Å². The second kappa shape index (κ2) is 4.22. The highest BCUT2D eigenvalue weighted by molar-refractivity contribution is 5.89. The Bertz CT molecular complexity index is 620. The fourth-order valence-electron chi connectivity index (χ4n) is 2.27. The van der Waals surface area contributed by atoms with Gasteiger partial charge in [0.05, 0.1) is 18.4 Å². The van der Waals surface area contributed by atoms with E-state index >= 15 is 0 Å². The first-order chi connectivity index (χ1) is 8.72. The van der Waals surface area contributed by atoms with E-state index in [4.69, 9.17) is 0 Å². The summed E-state index contributed by atoms with van der Waals surface area (Å²) < 4.78 is 4.54. The van der Waals surface area contributed by atoms with Gasteiger partial charge in [-0.3, -0.25) is 14.6 Å². The molecule has 4 heteroatoms. The topological polar surface area (TPSA) is 56.3 Å².